The summed E-state index contributed by atoms with van der Waals surface area (Å²) in [6.07, 6.45) is -2.69. The zero-order chi connectivity index (χ0) is 11.6. The number of aryl methyl sites for hydroxylation is 1. The van der Waals surface area contributed by atoms with E-state index in [1.165, 1.54) is 13.0 Å². The number of hydrogen-bond donors (Lipinski definition) is 1. The second-order valence-electron chi connectivity index (χ2n) is 3.00. The Labute approximate surface area is 83.8 Å². The second-order valence-corrected chi connectivity index (χ2v) is 3.00. The Morgan fingerprint density at radius 3 is 2.60 bits per heavy atom. The van der Waals surface area contributed by atoms with Gasteiger partial charge in [-0.1, -0.05) is 0 Å². The number of aromatic nitrogens is 1. The Bertz CT molecular complexity index is 439. The van der Waals surface area contributed by atoms with Crippen molar-refractivity contribution in [2.24, 2.45) is 0 Å². The van der Waals surface area contributed by atoms with Gasteiger partial charge in [0.05, 0.1) is 6.54 Å². The number of carboxylic acid groups (broad SMARTS) is 1. The van der Waals surface area contributed by atoms with Gasteiger partial charge in [-0.3, -0.25) is 4.79 Å². The largest absolute Gasteiger partial charge is 0.477 e. The Balaban J connectivity index is 3.31. The molecular weight excluding hydrogens is 208 g/mol. The molecule has 0 aromatic carbocycles. The Morgan fingerprint density at radius 2 is 2.13 bits per heavy atom. The van der Waals surface area contributed by atoms with Gasteiger partial charge in [-0.05, 0) is 19.1 Å². The van der Waals surface area contributed by atoms with E-state index in [0.717, 1.165) is 10.6 Å². The summed E-state index contributed by atoms with van der Waals surface area (Å²) < 4.78 is 25.0. The molecule has 0 aliphatic heterocycles. The molecule has 82 valence electrons. The first-order chi connectivity index (χ1) is 6.93. The fraction of sp³-hybridized carbons (Fsp3) is 0.333. The number of nitrogens with zero attached hydrogens (tertiary/aromatic N) is 1. The number of carboxylic acids is 1. The van der Waals surface area contributed by atoms with Crippen LogP contribution in [0.1, 0.15) is 16.1 Å². The molecule has 0 fully saturated rings. The predicted octanol–water partition coefficient (Wildman–Crippen LogP) is 1.12. The van der Waals surface area contributed by atoms with E-state index >= 15 is 0 Å². The van der Waals surface area contributed by atoms with Gasteiger partial charge < -0.3 is 9.67 Å². The van der Waals surface area contributed by atoms with E-state index in [1.54, 1.807) is 0 Å². The maximum atomic E-state index is 12.1. The first-order valence-electron chi connectivity index (χ1n) is 4.15. The third kappa shape index (κ3) is 2.39. The van der Waals surface area contributed by atoms with Gasteiger partial charge in [-0.2, -0.15) is 0 Å². The first-order valence-corrected chi connectivity index (χ1v) is 4.15. The number of halogens is 2. The molecule has 0 amide bonds. The van der Waals surface area contributed by atoms with Crippen molar-refractivity contribution < 1.29 is 18.7 Å². The summed E-state index contributed by atoms with van der Waals surface area (Å²) in [6.45, 7) is 0.682. The number of carbonyl (C=O) groups is 1. The van der Waals surface area contributed by atoms with Crippen LogP contribution in [-0.2, 0) is 6.54 Å². The molecule has 0 spiro atoms. The Morgan fingerprint density at radius 1 is 1.53 bits per heavy atom. The molecule has 0 radical (unpaired) electrons. The van der Waals surface area contributed by atoms with E-state index in [0.29, 0.717) is 5.69 Å². The van der Waals surface area contributed by atoms with Crippen molar-refractivity contribution in [3.8, 4) is 0 Å². The van der Waals surface area contributed by atoms with Gasteiger partial charge >= 0.3 is 5.97 Å². The summed E-state index contributed by atoms with van der Waals surface area (Å²) in [5.74, 6) is -1.41. The molecule has 1 heterocycles. The maximum absolute atomic E-state index is 12.1. The van der Waals surface area contributed by atoms with Crippen molar-refractivity contribution in [1.82, 2.24) is 4.57 Å². The van der Waals surface area contributed by atoms with E-state index in [9.17, 15) is 18.4 Å². The molecule has 1 aromatic heterocycles. The number of alkyl halides is 2. The van der Waals surface area contributed by atoms with Crippen molar-refractivity contribution in [1.29, 1.82) is 0 Å². The smallest absolute Gasteiger partial charge is 0.341 e. The highest BCUT2D eigenvalue weighted by Gasteiger charge is 2.14. The van der Waals surface area contributed by atoms with E-state index in [2.05, 4.69) is 0 Å². The van der Waals surface area contributed by atoms with Crippen LogP contribution < -0.4 is 5.56 Å². The zero-order valence-electron chi connectivity index (χ0n) is 7.91. The van der Waals surface area contributed by atoms with Crippen LogP contribution in [0.3, 0.4) is 0 Å². The van der Waals surface area contributed by atoms with Crippen LogP contribution in [0, 0.1) is 6.92 Å². The lowest BCUT2D eigenvalue weighted by Gasteiger charge is -2.09. The quantitative estimate of drug-likeness (QED) is 0.825. The molecule has 0 saturated heterocycles. The highest BCUT2D eigenvalue weighted by Crippen LogP contribution is 2.02. The number of pyridine rings is 1. The van der Waals surface area contributed by atoms with Gasteiger partial charge in [0.1, 0.15) is 5.56 Å². The van der Waals surface area contributed by atoms with Crippen LogP contribution in [0.25, 0.3) is 0 Å². The van der Waals surface area contributed by atoms with Crippen LogP contribution in [0.4, 0.5) is 8.78 Å². The highest BCUT2D eigenvalue weighted by molar-refractivity contribution is 5.87. The SMILES string of the molecule is Cc1ccc(C(=O)O)c(=O)n1CC(F)F. The Hall–Kier alpha value is -1.72. The number of rotatable bonds is 3. The fourth-order valence-electron chi connectivity index (χ4n) is 1.20. The topological polar surface area (TPSA) is 59.3 Å². The molecule has 0 saturated carbocycles. The van der Waals surface area contributed by atoms with E-state index in [4.69, 9.17) is 5.11 Å². The van der Waals surface area contributed by atoms with Gasteiger partial charge in [0.15, 0.2) is 0 Å². The molecule has 1 rings (SSSR count). The summed E-state index contributed by atoms with van der Waals surface area (Å²) in [7, 11) is 0. The average molecular weight is 217 g/mol. The van der Waals surface area contributed by atoms with Crippen molar-refractivity contribution >= 4 is 5.97 Å². The monoisotopic (exact) mass is 217 g/mol. The third-order valence-electron chi connectivity index (χ3n) is 1.94. The number of hydrogen-bond acceptors (Lipinski definition) is 2. The van der Waals surface area contributed by atoms with Gasteiger partial charge in [0.2, 0.25) is 0 Å². The molecule has 1 N–H and O–H groups in total. The molecule has 15 heavy (non-hydrogen) atoms. The summed E-state index contributed by atoms with van der Waals surface area (Å²) in [4.78, 5) is 22.0. The maximum Gasteiger partial charge on any atom is 0.341 e. The zero-order valence-corrected chi connectivity index (χ0v) is 7.91. The molecule has 6 heteroatoms. The van der Waals surface area contributed by atoms with Gasteiger partial charge in [-0.25, -0.2) is 13.6 Å². The van der Waals surface area contributed by atoms with Crippen LogP contribution in [-0.4, -0.2) is 22.1 Å². The summed E-state index contributed by atoms with van der Waals surface area (Å²) in [5.41, 5.74) is -1.09. The van der Waals surface area contributed by atoms with Crippen molar-refractivity contribution in [3.63, 3.8) is 0 Å². The molecule has 0 aliphatic rings. The van der Waals surface area contributed by atoms with Gasteiger partial charge in [0.25, 0.3) is 12.0 Å². The first kappa shape index (κ1) is 11.4. The summed E-state index contributed by atoms with van der Waals surface area (Å²) in [6, 6.07) is 2.44. The van der Waals surface area contributed by atoms with Gasteiger partial charge in [0, 0.05) is 5.69 Å². The molecule has 1 aromatic rings. The lowest BCUT2D eigenvalue weighted by atomic mass is 10.2. The van der Waals surface area contributed by atoms with Crippen molar-refractivity contribution in [3.05, 3.63) is 33.7 Å². The van der Waals surface area contributed by atoms with Crippen LogP contribution in [0.15, 0.2) is 16.9 Å². The normalized spacial score (nSPS) is 10.7. The molecule has 0 aliphatic carbocycles. The van der Waals surface area contributed by atoms with Crippen LogP contribution in [0.5, 0.6) is 0 Å². The van der Waals surface area contributed by atoms with E-state index in [-0.39, 0.29) is 0 Å². The lowest BCUT2D eigenvalue weighted by Crippen LogP contribution is -2.29. The summed E-state index contributed by atoms with van der Waals surface area (Å²) >= 11 is 0. The molecule has 0 bridgehead atoms. The molecule has 0 unspecified atom stereocenters. The molecular formula is C9H9F2NO3. The van der Waals surface area contributed by atoms with Crippen LogP contribution >= 0.6 is 0 Å². The van der Waals surface area contributed by atoms with E-state index in [1.807, 2.05) is 0 Å². The van der Waals surface area contributed by atoms with Gasteiger partial charge in [-0.15, -0.1) is 0 Å². The molecule has 0 atom stereocenters. The molecule has 4 nitrogen and oxygen atoms in total. The predicted molar refractivity (Wildman–Crippen MR) is 48.4 cm³/mol. The minimum atomic E-state index is -2.69. The van der Waals surface area contributed by atoms with Crippen molar-refractivity contribution in [2.45, 2.75) is 19.9 Å². The summed E-state index contributed by atoms with van der Waals surface area (Å²) in [5, 5.41) is 8.61. The average Bonchev–Trinajstić information content (AvgIpc) is 2.11. The fourth-order valence-corrected chi connectivity index (χ4v) is 1.20. The lowest BCUT2D eigenvalue weighted by molar-refractivity contribution is 0.0692. The second kappa shape index (κ2) is 4.20. The third-order valence-corrected chi connectivity index (χ3v) is 1.94. The highest BCUT2D eigenvalue weighted by atomic mass is 19.3. The van der Waals surface area contributed by atoms with Crippen LogP contribution in [0.2, 0.25) is 0 Å². The standard InChI is InChI=1S/C9H9F2NO3/c1-5-2-3-6(9(14)15)8(13)12(5)4-7(10)11/h2-3,7H,4H2,1H3,(H,14,15). The van der Waals surface area contributed by atoms with E-state index < -0.39 is 30.1 Å². The Kier molecular flexibility index (Phi) is 3.18. The van der Waals surface area contributed by atoms with Crippen molar-refractivity contribution in [2.75, 3.05) is 0 Å². The minimum Gasteiger partial charge on any atom is -0.477 e. The minimum absolute atomic E-state index is 0.310. The number of aromatic carboxylic acids is 1.